The maximum absolute atomic E-state index is 9.72. The van der Waals surface area contributed by atoms with Gasteiger partial charge in [0.25, 0.3) is 0 Å². The van der Waals surface area contributed by atoms with Crippen LogP contribution in [0.25, 0.3) is 0 Å². The van der Waals surface area contributed by atoms with E-state index < -0.39 is 0 Å². The number of phenols is 1. The Morgan fingerprint density at radius 3 is 2.16 bits per heavy atom. The van der Waals surface area contributed by atoms with E-state index in [0.29, 0.717) is 0 Å². The minimum atomic E-state index is 0.260. The Bertz CT molecular complexity index is 519. The molecule has 2 N–H and O–H groups in total. The van der Waals surface area contributed by atoms with Gasteiger partial charge in [-0.25, -0.2) is 0 Å². The molecule has 3 heteroatoms. The van der Waals surface area contributed by atoms with Crippen molar-refractivity contribution in [3.63, 3.8) is 0 Å². The fourth-order valence-corrected chi connectivity index (χ4v) is 2.08. The maximum atomic E-state index is 9.72. The van der Waals surface area contributed by atoms with Gasteiger partial charge in [0, 0.05) is 24.5 Å². The molecule has 0 aromatic heterocycles. The largest absolute Gasteiger partial charge is 0.506 e. The Labute approximate surface area is 114 Å². The van der Waals surface area contributed by atoms with Gasteiger partial charge < -0.3 is 15.3 Å². The number of anilines is 3. The summed E-state index contributed by atoms with van der Waals surface area (Å²) in [4.78, 5) is 2.30. The minimum absolute atomic E-state index is 0.260. The number of nitrogens with zero attached hydrogens (tertiary/aromatic N) is 1. The fourth-order valence-electron chi connectivity index (χ4n) is 2.08. The van der Waals surface area contributed by atoms with Crippen LogP contribution in [-0.2, 0) is 0 Å². The van der Waals surface area contributed by atoms with E-state index in [9.17, 15) is 5.11 Å². The Kier molecular flexibility index (Phi) is 4.29. The van der Waals surface area contributed by atoms with Gasteiger partial charge in [-0.15, -0.1) is 0 Å². The van der Waals surface area contributed by atoms with Crippen molar-refractivity contribution in [2.75, 3.05) is 23.3 Å². The van der Waals surface area contributed by atoms with Crippen LogP contribution in [0.5, 0.6) is 5.75 Å². The van der Waals surface area contributed by atoms with Gasteiger partial charge in [0.05, 0.1) is 5.69 Å². The fraction of sp³-hybridized carbons (Fsp3) is 0.250. The SMILES string of the molecule is CCN(CC)c1ccc(Nc2ccccc2O)cc1. The summed E-state index contributed by atoms with van der Waals surface area (Å²) >= 11 is 0. The molecule has 0 heterocycles. The molecule has 0 fully saturated rings. The maximum Gasteiger partial charge on any atom is 0.139 e. The first kappa shape index (κ1) is 13.3. The van der Waals surface area contributed by atoms with E-state index >= 15 is 0 Å². The zero-order valence-corrected chi connectivity index (χ0v) is 11.4. The topological polar surface area (TPSA) is 35.5 Å². The molecule has 0 unspecified atom stereocenters. The van der Waals surface area contributed by atoms with E-state index in [-0.39, 0.29) is 5.75 Å². The Morgan fingerprint density at radius 1 is 0.947 bits per heavy atom. The molecule has 0 amide bonds. The standard InChI is InChI=1S/C16H20N2O/c1-3-18(4-2)14-11-9-13(10-12-14)17-15-7-5-6-8-16(15)19/h5-12,17,19H,3-4H2,1-2H3. The van der Waals surface area contributed by atoms with Crippen LogP contribution >= 0.6 is 0 Å². The summed E-state index contributed by atoms with van der Waals surface area (Å²) in [5, 5.41) is 12.9. The third kappa shape index (κ3) is 3.19. The second-order valence-electron chi connectivity index (χ2n) is 4.36. The zero-order valence-electron chi connectivity index (χ0n) is 11.4. The summed E-state index contributed by atoms with van der Waals surface area (Å²) in [6.07, 6.45) is 0. The number of phenolic OH excluding ortho intramolecular Hbond substituents is 1. The summed E-state index contributed by atoms with van der Waals surface area (Å²) in [6, 6.07) is 15.5. The van der Waals surface area contributed by atoms with Crippen molar-refractivity contribution in [1.82, 2.24) is 0 Å². The van der Waals surface area contributed by atoms with Crippen LogP contribution in [0.4, 0.5) is 17.1 Å². The van der Waals surface area contributed by atoms with E-state index in [1.54, 1.807) is 6.07 Å². The predicted octanol–water partition coefficient (Wildman–Crippen LogP) is 3.98. The molecule has 0 aliphatic heterocycles. The smallest absolute Gasteiger partial charge is 0.139 e. The summed E-state index contributed by atoms with van der Waals surface area (Å²) in [6.45, 7) is 6.31. The van der Waals surface area contributed by atoms with E-state index in [1.165, 1.54) is 5.69 Å². The quantitative estimate of drug-likeness (QED) is 0.794. The van der Waals surface area contributed by atoms with Crippen molar-refractivity contribution in [1.29, 1.82) is 0 Å². The van der Waals surface area contributed by atoms with Gasteiger partial charge in [0.2, 0.25) is 0 Å². The lowest BCUT2D eigenvalue weighted by molar-refractivity contribution is 0.478. The molecule has 0 spiro atoms. The van der Waals surface area contributed by atoms with Crippen molar-refractivity contribution >= 4 is 17.1 Å². The minimum Gasteiger partial charge on any atom is -0.506 e. The number of benzene rings is 2. The number of nitrogens with one attached hydrogen (secondary N) is 1. The van der Waals surface area contributed by atoms with Crippen LogP contribution < -0.4 is 10.2 Å². The van der Waals surface area contributed by atoms with Gasteiger partial charge in [-0.2, -0.15) is 0 Å². The van der Waals surface area contributed by atoms with Crippen LogP contribution in [0, 0.1) is 0 Å². The molecule has 2 rings (SSSR count). The molecule has 0 atom stereocenters. The summed E-state index contributed by atoms with van der Waals surface area (Å²) in [5.74, 6) is 0.260. The van der Waals surface area contributed by atoms with Crippen molar-refractivity contribution in [3.05, 3.63) is 48.5 Å². The van der Waals surface area contributed by atoms with Crippen LogP contribution in [-0.4, -0.2) is 18.2 Å². The van der Waals surface area contributed by atoms with Gasteiger partial charge >= 0.3 is 0 Å². The molecular formula is C16H20N2O. The number of hydrogen-bond acceptors (Lipinski definition) is 3. The number of rotatable bonds is 5. The number of para-hydroxylation sites is 2. The lowest BCUT2D eigenvalue weighted by atomic mass is 10.2. The van der Waals surface area contributed by atoms with Crippen LogP contribution in [0.1, 0.15) is 13.8 Å². The average molecular weight is 256 g/mol. The molecular weight excluding hydrogens is 236 g/mol. The van der Waals surface area contributed by atoms with Gasteiger partial charge in [-0.3, -0.25) is 0 Å². The zero-order chi connectivity index (χ0) is 13.7. The number of hydrogen-bond donors (Lipinski definition) is 2. The Balaban J connectivity index is 2.13. The highest BCUT2D eigenvalue weighted by molar-refractivity contribution is 5.67. The molecule has 2 aromatic carbocycles. The Morgan fingerprint density at radius 2 is 1.58 bits per heavy atom. The van der Waals surface area contributed by atoms with Gasteiger partial charge in [-0.05, 0) is 50.2 Å². The first-order valence-electron chi connectivity index (χ1n) is 6.64. The molecule has 19 heavy (non-hydrogen) atoms. The third-order valence-electron chi connectivity index (χ3n) is 3.18. The van der Waals surface area contributed by atoms with Gasteiger partial charge in [0.15, 0.2) is 0 Å². The number of aromatic hydroxyl groups is 1. The molecule has 0 saturated heterocycles. The summed E-state index contributed by atoms with van der Waals surface area (Å²) in [7, 11) is 0. The molecule has 100 valence electrons. The van der Waals surface area contributed by atoms with Crippen molar-refractivity contribution in [2.45, 2.75) is 13.8 Å². The van der Waals surface area contributed by atoms with E-state index in [1.807, 2.05) is 30.3 Å². The second-order valence-corrected chi connectivity index (χ2v) is 4.36. The molecule has 0 radical (unpaired) electrons. The average Bonchev–Trinajstić information content (AvgIpc) is 2.44. The van der Waals surface area contributed by atoms with Crippen molar-refractivity contribution < 1.29 is 5.11 Å². The van der Waals surface area contributed by atoms with E-state index in [0.717, 1.165) is 24.5 Å². The van der Waals surface area contributed by atoms with E-state index in [4.69, 9.17) is 0 Å². The lowest BCUT2D eigenvalue weighted by Gasteiger charge is -2.21. The molecule has 3 nitrogen and oxygen atoms in total. The summed E-state index contributed by atoms with van der Waals surface area (Å²) in [5.41, 5.74) is 2.91. The molecule has 0 bridgehead atoms. The first-order chi connectivity index (χ1) is 9.24. The highest BCUT2D eigenvalue weighted by Gasteiger charge is 2.03. The van der Waals surface area contributed by atoms with E-state index in [2.05, 4.69) is 36.2 Å². The molecule has 0 saturated carbocycles. The second kappa shape index (κ2) is 6.14. The van der Waals surface area contributed by atoms with Gasteiger partial charge in [-0.1, -0.05) is 12.1 Å². The molecule has 2 aromatic rings. The van der Waals surface area contributed by atoms with Crippen LogP contribution in [0.2, 0.25) is 0 Å². The van der Waals surface area contributed by atoms with Crippen molar-refractivity contribution in [2.24, 2.45) is 0 Å². The molecule has 0 aliphatic carbocycles. The third-order valence-corrected chi connectivity index (χ3v) is 3.18. The highest BCUT2D eigenvalue weighted by atomic mass is 16.3. The first-order valence-corrected chi connectivity index (χ1v) is 6.64. The lowest BCUT2D eigenvalue weighted by Crippen LogP contribution is -2.21. The highest BCUT2D eigenvalue weighted by Crippen LogP contribution is 2.27. The monoisotopic (exact) mass is 256 g/mol. The van der Waals surface area contributed by atoms with Crippen molar-refractivity contribution in [3.8, 4) is 5.75 Å². The summed E-state index contributed by atoms with van der Waals surface area (Å²) < 4.78 is 0. The molecule has 0 aliphatic rings. The predicted molar refractivity (Wildman–Crippen MR) is 81.4 cm³/mol. The van der Waals surface area contributed by atoms with Gasteiger partial charge in [0.1, 0.15) is 5.75 Å². The Hall–Kier alpha value is -2.16. The normalized spacial score (nSPS) is 10.2. The van der Waals surface area contributed by atoms with Crippen LogP contribution in [0.3, 0.4) is 0 Å². The van der Waals surface area contributed by atoms with Crippen LogP contribution in [0.15, 0.2) is 48.5 Å².